The minimum atomic E-state index is -0.460. The lowest BCUT2D eigenvalue weighted by Crippen LogP contribution is -2.41. The number of carbonyl (C=O) groups excluding carboxylic acids is 1. The number of cyclic esters (lactones) is 1. The topological polar surface area (TPSA) is 85.4 Å². The molecule has 0 bridgehead atoms. The van der Waals surface area contributed by atoms with E-state index in [9.17, 15) is 13.6 Å². The molecule has 2 aromatic heterocycles. The van der Waals surface area contributed by atoms with Gasteiger partial charge in [-0.25, -0.2) is 18.6 Å². The number of methoxy groups -OCH3 is 1. The van der Waals surface area contributed by atoms with E-state index in [2.05, 4.69) is 20.6 Å². The molecule has 0 radical (unpaired) electrons. The van der Waals surface area contributed by atoms with Crippen LogP contribution in [0.4, 0.5) is 13.6 Å². The lowest BCUT2D eigenvalue weighted by molar-refractivity contribution is 0.115. The van der Waals surface area contributed by atoms with Crippen molar-refractivity contribution in [2.75, 3.05) is 13.7 Å². The van der Waals surface area contributed by atoms with Gasteiger partial charge in [-0.15, -0.1) is 0 Å². The third-order valence-corrected chi connectivity index (χ3v) is 7.01. The summed E-state index contributed by atoms with van der Waals surface area (Å²) in [4.78, 5) is 21.2. The molecule has 1 aliphatic carbocycles. The van der Waals surface area contributed by atoms with Gasteiger partial charge in [0.05, 0.1) is 24.2 Å². The lowest BCUT2D eigenvalue weighted by atomic mass is 9.78. The molecule has 0 unspecified atom stereocenters. The summed E-state index contributed by atoms with van der Waals surface area (Å²) in [6, 6.07) is 9.03. The molecule has 1 aliphatic heterocycles. The van der Waals surface area contributed by atoms with Crippen LogP contribution in [-0.2, 0) is 4.74 Å². The van der Waals surface area contributed by atoms with Crippen molar-refractivity contribution >= 4 is 23.2 Å². The Morgan fingerprint density at radius 2 is 2.00 bits per heavy atom. The zero-order chi connectivity index (χ0) is 25.1. The fourth-order valence-electron chi connectivity index (χ4n) is 5.17. The number of halogens is 2. The van der Waals surface area contributed by atoms with Crippen LogP contribution in [0.5, 0.6) is 5.88 Å². The van der Waals surface area contributed by atoms with Gasteiger partial charge in [-0.2, -0.15) is 0 Å². The molecule has 3 aromatic rings. The average molecular weight is 495 g/mol. The molecule has 2 fully saturated rings. The van der Waals surface area contributed by atoms with Crippen LogP contribution in [-0.4, -0.2) is 41.8 Å². The van der Waals surface area contributed by atoms with Crippen molar-refractivity contribution in [3.63, 3.8) is 0 Å². The number of amides is 1. The highest BCUT2D eigenvalue weighted by Gasteiger charge is 2.42. The van der Waals surface area contributed by atoms with Crippen molar-refractivity contribution in [2.24, 2.45) is 5.92 Å². The van der Waals surface area contributed by atoms with E-state index in [4.69, 9.17) is 9.47 Å². The van der Waals surface area contributed by atoms with Crippen LogP contribution in [0.1, 0.15) is 42.9 Å². The van der Waals surface area contributed by atoms with Crippen molar-refractivity contribution in [1.29, 1.82) is 0 Å². The molecule has 1 saturated heterocycles. The number of hydrogen-bond donors (Lipinski definition) is 2. The summed E-state index contributed by atoms with van der Waals surface area (Å²) in [6.07, 6.45) is 7.95. The Kier molecular flexibility index (Phi) is 7.09. The molecule has 1 amide bonds. The number of alkyl carbamates (subject to hydrolysis) is 1. The molecule has 5 rings (SSSR count). The molecule has 1 saturated carbocycles. The third kappa shape index (κ3) is 5.16. The van der Waals surface area contributed by atoms with Gasteiger partial charge in [-0.1, -0.05) is 12.2 Å². The Bertz CT molecular complexity index is 1280. The van der Waals surface area contributed by atoms with Gasteiger partial charge in [-0.3, -0.25) is 4.98 Å². The van der Waals surface area contributed by atoms with E-state index in [1.165, 1.54) is 6.07 Å². The fourth-order valence-corrected chi connectivity index (χ4v) is 5.17. The summed E-state index contributed by atoms with van der Waals surface area (Å²) >= 11 is 0. The van der Waals surface area contributed by atoms with E-state index >= 15 is 0 Å². The van der Waals surface area contributed by atoms with Gasteiger partial charge >= 0.3 is 6.09 Å². The standard InChI is InChI=1S/C27H28F2N4O3/c1-35-23-11-10-22-25(32-23)20(12-14-31-22)26-24(33-27(34)36-26)16-4-7-19(8-5-16)30-13-2-3-17-15-18(28)6-9-21(17)29/h2-3,6,9-12,14-16,19,24,26,30H,4-5,7-8,13H2,1H3,(H,33,34)/b3-2+/t16-,19-,24-,26-/m0/s1. The van der Waals surface area contributed by atoms with Gasteiger partial charge < -0.3 is 20.1 Å². The molecule has 3 heterocycles. The maximum absolute atomic E-state index is 13.8. The quantitative estimate of drug-likeness (QED) is 0.485. The van der Waals surface area contributed by atoms with Gasteiger partial charge in [0.2, 0.25) is 5.88 Å². The largest absolute Gasteiger partial charge is 0.481 e. The van der Waals surface area contributed by atoms with Crippen molar-refractivity contribution < 1.29 is 23.0 Å². The third-order valence-electron chi connectivity index (χ3n) is 7.01. The van der Waals surface area contributed by atoms with Crippen LogP contribution in [0.15, 0.2) is 48.7 Å². The van der Waals surface area contributed by atoms with Gasteiger partial charge in [0.1, 0.15) is 11.6 Å². The van der Waals surface area contributed by atoms with Crippen molar-refractivity contribution in [2.45, 2.75) is 43.9 Å². The monoisotopic (exact) mass is 494 g/mol. The number of pyridine rings is 2. The number of nitrogens with one attached hydrogen (secondary N) is 2. The number of aromatic nitrogens is 2. The number of carbonyl (C=O) groups is 1. The molecule has 188 valence electrons. The molecular weight excluding hydrogens is 466 g/mol. The molecule has 2 atom stereocenters. The predicted octanol–water partition coefficient (Wildman–Crippen LogP) is 4.93. The zero-order valence-corrected chi connectivity index (χ0v) is 19.9. The normalized spacial score (nSPS) is 24.1. The Morgan fingerprint density at radius 1 is 1.17 bits per heavy atom. The van der Waals surface area contributed by atoms with E-state index in [1.54, 1.807) is 31.5 Å². The second-order valence-corrected chi connectivity index (χ2v) is 9.21. The van der Waals surface area contributed by atoms with E-state index in [0.29, 0.717) is 29.5 Å². The van der Waals surface area contributed by atoms with Crippen LogP contribution >= 0.6 is 0 Å². The molecule has 36 heavy (non-hydrogen) atoms. The summed E-state index contributed by atoms with van der Waals surface area (Å²) in [6.45, 7) is 0.563. The van der Waals surface area contributed by atoms with E-state index < -0.39 is 23.8 Å². The Labute approximate surface area is 207 Å². The number of fused-ring (bicyclic) bond motifs is 1. The van der Waals surface area contributed by atoms with Crippen molar-refractivity contribution in [3.05, 3.63) is 71.4 Å². The Balaban J connectivity index is 1.21. The first-order valence-electron chi connectivity index (χ1n) is 12.1. The van der Waals surface area contributed by atoms with Crippen molar-refractivity contribution in [1.82, 2.24) is 20.6 Å². The summed E-state index contributed by atoms with van der Waals surface area (Å²) < 4.78 is 38.1. The number of ether oxygens (including phenoxy) is 2. The maximum atomic E-state index is 13.8. The van der Waals surface area contributed by atoms with Crippen LogP contribution < -0.4 is 15.4 Å². The SMILES string of the molecule is COc1ccc2nccc([C@@H]3OC(=O)N[C@H]3[C@H]3CC[C@H](NC/C=C/c4cc(F)ccc4F)CC3)c2n1. The smallest absolute Gasteiger partial charge is 0.408 e. The molecule has 2 N–H and O–H groups in total. The van der Waals surface area contributed by atoms with Crippen LogP contribution in [0.2, 0.25) is 0 Å². The second-order valence-electron chi connectivity index (χ2n) is 9.21. The van der Waals surface area contributed by atoms with E-state index in [-0.39, 0.29) is 17.5 Å². The van der Waals surface area contributed by atoms with Crippen molar-refractivity contribution in [3.8, 4) is 5.88 Å². The first kappa shape index (κ1) is 24.1. The number of hydrogen-bond acceptors (Lipinski definition) is 6. The highest BCUT2D eigenvalue weighted by Crippen LogP contribution is 2.39. The number of benzene rings is 1. The second kappa shape index (κ2) is 10.6. The Morgan fingerprint density at radius 3 is 2.81 bits per heavy atom. The summed E-state index contributed by atoms with van der Waals surface area (Å²) in [7, 11) is 1.56. The minimum absolute atomic E-state index is 0.159. The molecule has 1 aromatic carbocycles. The zero-order valence-electron chi connectivity index (χ0n) is 19.9. The fraction of sp³-hybridized carbons (Fsp3) is 0.370. The minimum Gasteiger partial charge on any atom is -0.481 e. The average Bonchev–Trinajstić information content (AvgIpc) is 3.29. The highest BCUT2D eigenvalue weighted by molar-refractivity contribution is 5.80. The van der Waals surface area contributed by atoms with Gasteiger partial charge in [0, 0.05) is 36.0 Å². The van der Waals surface area contributed by atoms with E-state index in [1.807, 2.05) is 12.1 Å². The summed E-state index contributed by atoms with van der Waals surface area (Å²) in [5.74, 6) is -0.172. The van der Waals surface area contributed by atoms with Crippen LogP contribution in [0, 0.1) is 17.6 Å². The van der Waals surface area contributed by atoms with Crippen LogP contribution in [0.3, 0.4) is 0 Å². The molecule has 7 nitrogen and oxygen atoms in total. The van der Waals surface area contributed by atoms with Gasteiger partial charge in [0.15, 0.2) is 6.10 Å². The van der Waals surface area contributed by atoms with Crippen LogP contribution in [0.25, 0.3) is 17.1 Å². The molecule has 0 spiro atoms. The Hall–Kier alpha value is -3.59. The first-order chi connectivity index (χ1) is 17.5. The molecule has 9 heteroatoms. The predicted molar refractivity (Wildman–Crippen MR) is 131 cm³/mol. The number of nitrogens with zero attached hydrogens (tertiary/aromatic N) is 2. The first-order valence-corrected chi connectivity index (χ1v) is 12.1. The summed E-state index contributed by atoms with van der Waals surface area (Å²) in [5, 5.41) is 6.49. The highest BCUT2D eigenvalue weighted by atomic mass is 19.1. The van der Waals surface area contributed by atoms with Gasteiger partial charge in [0.25, 0.3) is 0 Å². The summed E-state index contributed by atoms with van der Waals surface area (Å²) in [5.41, 5.74) is 2.44. The number of rotatable bonds is 7. The maximum Gasteiger partial charge on any atom is 0.408 e. The van der Waals surface area contributed by atoms with E-state index in [0.717, 1.165) is 43.4 Å². The lowest BCUT2D eigenvalue weighted by Gasteiger charge is -2.33. The molecular formula is C27H28F2N4O3. The van der Waals surface area contributed by atoms with Gasteiger partial charge in [-0.05, 0) is 61.9 Å². The molecule has 2 aliphatic rings.